The van der Waals surface area contributed by atoms with Gasteiger partial charge in [-0.3, -0.25) is 9.58 Å². The Morgan fingerprint density at radius 1 is 1.41 bits per heavy atom. The molecule has 0 fully saturated rings. The number of rotatable bonds is 7. The van der Waals surface area contributed by atoms with Gasteiger partial charge in [-0.2, -0.15) is 5.10 Å². The number of nitrogens with zero attached hydrogens (tertiary/aromatic N) is 3. The van der Waals surface area contributed by atoms with E-state index in [2.05, 4.69) is 5.10 Å². The Morgan fingerprint density at radius 2 is 2.00 bits per heavy atom. The maximum atomic E-state index is 11.0. The molecule has 7 heteroatoms. The molecule has 0 bridgehead atoms. The van der Waals surface area contributed by atoms with Gasteiger partial charge in [0.1, 0.15) is 5.56 Å². The average Bonchev–Trinajstić information content (AvgIpc) is 2.61. The fraction of sp³-hybridized carbons (Fsp3) is 0.600. The molecule has 96 valence electrons. The first kappa shape index (κ1) is 13.6. The first-order chi connectivity index (χ1) is 8.10. The van der Waals surface area contributed by atoms with E-state index < -0.39 is 5.97 Å². The second kappa shape index (κ2) is 6.33. The molecule has 17 heavy (non-hydrogen) atoms. The average molecular weight is 243 g/mol. The molecule has 0 atom stereocenters. The quantitative estimate of drug-likeness (QED) is 0.562. The van der Waals surface area contributed by atoms with Crippen LogP contribution in [-0.4, -0.2) is 62.3 Å². The van der Waals surface area contributed by atoms with Gasteiger partial charge in [-0.15, -0.1) is 0 Å². The molecule has 0 spiro atoms. The van der Waals surface area contributed by atoms with E-state index in [4.69, 9.17) is 15.3 Å². The van der Waals surface area contributed by atoms with Crippen LogP contribution in [0.3, 0.4) is 0 Å². The molecule has 0 aliphatic heterocycles. The van der Waals surface area contributed by atoms with Crippen LogP contribution in [0.1, 0.15) is 16.1 Å². The Morgan fingerprint density at radius 3 is 2.47 bits per heavy atom. The van der Waals surface area contributed by atoms with Crippen LogP contribution in [0.4, 0.5) is 0 Å². The highest BCUT2D eigenvalue weighted by Crippen LogP contribution is 2.10. The van der Waals surface area contributed by atoms with Crippen LogP contribution in [0, 0.1) is 0 Å². The Hall–Kier alpha value is -1.44. The van der Waals surface area contributed by atoms with Gasteiger partial charge in [0.15, 0.2) is 0 Å². The minimum Gasteiger partial charge on any atom is -0.478 e. The smallest absolute Gasteiger partial charge is 0.339 e. The molecule has 1 aromatic heterocycles. The maximum Gasteiger partial charge on any atom is 0.339 e. The summed E-state index contributed by atoms with van der Waals surface area (Å²) in [6.45, 7) is 1.01. The molecular weight excluding hydrogens is 226 g/mol. The molecule has 3 N–H and O–H groups in total. The molecule has 7 nitrogen and oxygen atoms in total. The minimum atomic E-state index is -1.03. The molecule has 1 aromatic rings. The third kappa shape index (κ3) is 3.52. The summed E-state index contributed by atoms with van der Waals surface area (Å²) >= 11 is 0. The number of carbonyl (C=O) groups is 1. The summed E-state index contributed by atoms with van der Waals surface area (Å²) in [5.74, 6) is -1.03. The van der Waals surface area contributed by atoms with Crippen LogP contribution >= 0.6 is 0 Å². The Bertz CT molecular complexity index is 372. The predicted molar refractivity (Wildman–Crippen MR) is 59.6 cm³/mol. The summed E-state index contributed by atoms with van der Waals surface area (Å²) in [5.41, 5.74) is 0.702. The number of carboxylic acids is 1. The number of aromatic carboxylic acids is 1. The van der Waals surface area contributed by atoms with Gasteiger partial charge in [0, 0.05) is 26.7 Å². The van der Waals surface area contributed by atoms with E-state index in [-0.39, 0.29) is 18.8 Å². The van der Waals surface area contributed by atoms with Crippen molar-refractivity contribution < 1.29 is 20.1 Å². The zero-order valence-electron chi connectivity index (χ0n) is 9.70. The van der Waals surface area contributed by atoms with Crippen molar-refractivity contribution >= 4 is 5.97 Å². The van der Waals surface area contributed by atoms with Crippen LogP contribution < -0.4 is 0 Å². The lowest BCUT2D eigenvalue weighted by Gasteiger charge is -2.20. The van der Waals surface area contributed by atoms with Crippen LogP contribution in [-0.2, 0) is 13.6 Å². The Kier molecular flexibility index (Phi) is 5.08. The van der Waals surface area contributed by atoms with E-state index in [0.29, 0.717) is 25.3 Å². The van der Waals surface area contributed by atoms with Crippen LogP contribution in [0.5, 0.6) is 0 Å². The molecule has 0 aliphatic carbocycles. The van der Waals surface area contributed by atoms with Gasteiger partial charge in [0.05, 0.1) is 25.1 Å². The second-order valence-corrected chi connectivity index (χ2v) is 3.66. The summed E-state index contributed by atoms with van der Waals surface area (Å²) in [6.07, 6.45) is 1.30. The number of carboxylic acid groups (broad SMARTS) is 1. The molecule has 0 saturated carbocycles. The van der Waals surface area contributed by atoms with Gasteiger partial charge < -0.3 is 15.3 Å². The number of hydrogen-bond acceptors (Lipinski definition) is 5. The molecule has 0 aliphatic rings. The monoisotopic (exact) mass is 243 g/mol. The van der Waals surface area contributed by atoms with Crippen LogP contribution in [0.25, 0.3) is 0 Å². The first-order valence-corrected chi connectivity index (χ1v) is 5.28. The molecular formula is C10H17N3O4. The standard InChI is InChI=1S/C10H17N3O4/c1-12-9(8(6-11-12)10(16)17)7-13(2-4-14)3-5-15/h6,14-15H,2-5,7H2,1H3,(H,16,17). The number of aryl methyl sites for hydroxylation is 1. The van der Waals surface area contributed by atoms with Gasteiger partial charge in [-0.1, -0.05) is 0 Å². The van der Waals surface area contributed by atoms with E-state index in [9.17, 15) is 4.79 Å². The minimum absolute atomic E-state index is 0.0414. The number of aliphatic hydroxyl groups excluding tert-OH is 2. The van der Waals surface area contributed by atoms with Gasteiger partial charge in [0.25, 0.3) is 0 Å². The van der Waals surface area contributed by atoms with Crippen molar-refractivity contribution in [1.29, 1.82) is 0 Å². The van der Waals surface area contributed by atoms with Gasteiger partial charge in [-0.25, -0.2) is 4.79 Å². The van der Waals surface area contributed by atoms with E-state index in [0.717, 1.165) is 0 Å². The third-order valence-corrected chi connectivity index (χ3v) is 2.50. The highest BCUT2D eigenvalue weighted by Gasteiger charge is 2.17. The lowest BCUT2D eigenvalue weighted by atomic mass is 10.2. The largest absolute Gasteiger partial charge is 0.478 e. The van der Waals surface area contributed by atoms with Gasteiger partial charge in [-0.05, 0) is 0 Å². The fourth-order valence-corrected chi connectivity index (χ4v) is 1.59. The van der Waals surface area contributed by atoms with Crippen molar-refractivity contribution in [3.05, 3.63) is 17.5 Å². The zero-order chi connectivity index (χ0) is 12.8. The van der Waals surface area contributed by atoms with Crippen molar-refractivity contribution in [1.82, 2.24) is 14.7 Å². The normalized spacial score (nSPS) is 11.1. The van der Waals surface area contributed by atoms with Crippen molar-refractivity contribution in [2.75, 3.05) is 26.3 Å². The van der Waals surface area contributed by atoms with E-state index in [1.165, 1.54) is 10.9 Å². The van der Waals surface area contributed by atoms with Crippen molar-refractivity contribution in [2.45, 2.75) is 6.54 Å². The lowest BCUT2D eigenvalue weighted by Crippen LogP contribution is -2.30. The number of aromatic nitrogens is 2. The number of hydrogen-bond donors (Lipinski definition) is 3. The SMILES string of the molecule is Cn1ncc(C(=O)O)c1CN(CCO)CCO. The molecule has 0 unspecified atom stereocenters. The first-order valence-electron chi connectivity index (χ1n) is 5.28. The summed E-state index contributed by atoms with van der Waals surface area (Å²) in [5, 5.41) is 30.6. The predicted octanol–water partition coefficient (Wildman–Crippen LogP) is -1.10. The maximum absolute atomic E-state index is 11.0. The molecule has 0 amide bonds. The molecule has 0 radical (unpaired) electrons. The highest BCUT2D eigenvalue weighted by molar-refractivity contribution is 5.88. The third-order valence-electron chi connectivity index (χ3n) is 2.50. The molecule has 0 saturated heterocycles. The van der Waals surface area contributed by atoms with E-state index >= 15 is 0 Å². The molecule has 1 heterocycles. The summed E-state index contributed by atoms with van der Waals surface area (Å²) in [4.78, 5) is 12.7. The summed E-state index contributed by atoms with van der Waals surface area (Å²) in [6, 6.07) is 0. The van der Waals surface area contributed by atoms with Gasteiger partial charge >= 0.3 is 5.97 Å². The molecule has 0 aromatic carbocycles. The fourth-order valence-electron chi connectivity index (χ4n) is 1.59. The van der Waals surface area contributed by atoms with Crippen molar-refractivity contribution in [2.24, 2.45) is 7.05 Å². The van der Waals surface area contributed by atoms with Gasteiger partial charge in [0.2, 0.25) is 0 Å². The number of aliphatic hydroxyl groups is 2. The van der Waals surface area contributed by atoms with Crippen molar-refractivity contribution in [3.63, 3.8) is 0 Å². The van der Waals surface area contributed by atoms with Crippen molar-refractivity contribution in [3.8, 4) is 0 Å². The van der Waals surface area contributed by atoms with E-state index in [1.54, 1.807) is 11.9 Å². The highest BCUT2D eigenvalue weighted by atomic mass is 16.4. The lowest BCUT2D eigenvalue weighted by molar-refractivity contribution is 0.0693. The Labute approximate surface area is 98.9 Å². The Balaban J connectivity index is 2.83. The molecule has 1 rings (SSSR count). The van der Waals surface area contributed by atoms with E-state index in [1.807, 2.05) is 0 Å². The zero-order valence-corrected chi connectivity index (χ0v) is 9.70. The van der Waals surface area contributed by atoms with Crippen LogP contribution in [0.15, 0.2) is 6.20 Å². The topological polar surface area (TPSA) is 98.8 Å². The second-order valence-electron chi connectivity index (χ2n) is 3.66. The van der Waals surface area contributed by atoms with Crippen LogP contribution in [0.2, 0.25) is 0 Å². The summed E-state index contributed by atoms with van der Waals surface area (Å²) in [7, 11) is 1.66. The summed E-state index contributed by atoms with van der Waals surface area (Å²) < 4.78 is 1.49.